The van der Waals surface area contributed by atoms with Crippen LogP contribution in [0.4, 0.5) is 0 Å². The van der Waals surface area contributed by atoms with Gasteiger partial charge in [-0.05, 0) is 6.92 Å². The second-order valence-corrected chi connectivity index (χ2v) is 4.83. The summed E-state index contributed by atoms with van der Waals surface area (Å²) in [6.45, 7) is 1.38. The molecule has 0 aromatic rings. The summed E-state index contributed by atoms with van der Waals surface area (Å²) in [7, 11) is -3.15. The van der Waals surface area contributed by atoms with Crippen molar-refractivity contribution in [2.45, 2.75) is 12.5 Å². The van der Waals surface area contributed by atoms with Crippen molar-refractivity contribution in [3.8, 4) is 0 Å². The lowest BCUT2D eigenvalue weighted by molar-refractivity contribution is -0.111. The molecule has 0 heterocycles. The molecule has 0 aromatic heterocycles. The van der Waals surface area contributed by atoms with Gasteiger partial charge in [-0.1, -0.05) is 0 Å². The predicted octanol–water partition coefficient (Wildman–Crippen LogP) is -1.05. The largest absolute Gasteiger partial charge is 0.319 e. The summed E-state index contributed by atoms with van der Waals surface area (Å²) < 4.78 is 21.1. The minimum absolute atomic E-state index is 0.302. The number of carbonyl (C=O) groups excluding carboxylic acids is 1. The van der Waals surface area contributed by atoms with Gasteiger partial charge >= 0.3 is 0 Å². The Bertz CT molecular complexity index is 217. The summed E-state index contributed by atoms with van der Waals surface area (Å²) in [4.78, 5) is 10.1. The molecule has 0 bridgehead atoms. The first-order valence-electron chi connectivity index (χ1n) is 2.70. The lowest BCUT2D eigenvalue weighted by atomic mass is 10.1. The molecule has 0 saturated carbocycles. The summed E-state index contributed by atoms with van der Waals surface area (Å²) in [6, 6.07) is 0. The van der Waals surface area contributed by atoms with E-state index in [1.54, 1.807) is 0 Å². The molecule has 0 aliphatic carbocycles. The van der Waals surface area contributed by atoms with E-state index < -0.39 is 15.4 Å². The van der Waals surface area contributed by atoms with Crippen molar-refractivity contribution in [3.05, 3.63) is 0 Å². The van der Waals surface area contributed by atoms with E-state index in [1.807, 2.05) is 0 Å². The maximum Gasteiger partial charge on any atom is 0.149 e. The van der Waals surface area contributed by atoms with Crippen LogP contribution in [0, 0.1) is 0 Å². The van der Waals surface area contributed by atoms with Crippen LogP contribution in [0.1, 0.15) is 6.92 Å². The Morgan fingerprint density at radius 2 is 2.00 bits per heavy atom. The molecule has 10 heavy (non-hydrogen) atoms. The molecule has 1 atom stereocenters. The normalized spacial score (nSPS) is 17.9. The number of sulfone groups is 1. The highest BCUT2D eigenvalue weighted by Gasteiger charge is 2.22. The average Bonchev–Trinajstić information content (AvgIpc) is 1.60. The number of hydrogen-bond acceptors (Lipinski definition) is 4. The van der Waals surface area contributed by atoms with Crippen molar-refractivity contribution >= 4 is 16.1 Å². The Hall–Kier alpha value is -0.420. The lowest BCUT2D eigenvalue weighted by Crippen LogP contribution is -2.44. The zero-order valence-corrected chi connectivity index (χ0v) is 6.81. The fourth-order valence-electron chi connectivity index (χ4n) is 0.599. The molecule has 0 aliphatic heterocycles. The zero-order valence-electron chi connectivity index (χ0n) is 5.99. The van der Waals surface area contributed by atoms with Gasteiger partial charge in [0.1, 0.15) is 16.1 Å². The lowest BCUT2D eigenvalue weighted by Gasteiger charge is -2.13. The smallest absolute Gasteiger partial charge is 0.149 e. The van der Waals surface area contributed by atoms with Gasteiger partial charge in [0.15, 0.2) is 0 Å². The molecular formula is C5H11NO3S. The monoisotopic (exact) mass is 165 g/mol. The second-order valence-electron chi connectivity index (χ2n) is 2.69. The van der Waals surface area contributed by atoms with E-state index in [-0.39, 0.29) is 5.75 Å². The molecule has 0 radical (unpaired) electrons. The van der Waals surface area contributed by atoms with Crippen LogP contribution in [0.2, 0.25) is 0 Å². The SMILES string of the molecule is C[C@](N)(C=O)CS(C)(=O)=O. The van der Waals surface area contributed by atoms with Gasteiger partial charge in [-0.25, -0.2) is 8.42 Å². The molecule has 60 valence electrons. The summed E-state index contributed by atoms with van der Waals surface area (Å²) in [5.41, 5.74) is 4.01. The highest BCUT2D eigenvalue weighted by atomic mass is 32.2. The van der Waals surface area contributed by atoms with E-state index in [0.29, 0.717) is 6.29 Å². The van der Waals surface area contributed by atoms with Crippen molar-refractivity contribution in [2.24, 2.45) is 5.73 Å². The Balaban J connectivity index is 4.30. The van der Waals surface area contributed by atoms with Crippen LogP contribution in [-0.2, 0) is 14.6 Å². The van der Waals surface area contributed by atoms with Crippen LogP contribution < -0.4 is 5.73 Å². The maximum absolute atomic E-state index is 10.6. The van der Waals surface area contributed by atoms with Gasteiger partial charge in [-0.3, -0.25) is 0 Å². The van der Waals surface area contributed by atoms with Gasteiger partial charge in [0.2, 0.25) is 0 Å². The van der Waals surface area contributed by atoms with Gasteiger partial charge in [-0.15, -0.1) is 0 Å². The van der Waals surface area contributed by atoms with E-state index in [9.17, 15) is 13.2 Å². The van der Waals surface area contributed by atoms with E-state index in [2.05, 4.69) is 0 Å². The number of hydrogen-bond donors (Lipinski definition) is 1. The zero-order chi connectivity index (χ0) is 8.41. The van der Waals surface area contributed by atoms with E-state index in [1.165, 1.54) is 6.92 Å². The number of rotatable bonds is 3. The third kappa shape index (κ3) is 4.46. The van der Waals surface area contributed by atoms with Crippen LogP contribution in [0.3, 0.4) is 0 Å². The molecule has 0 spiro atoms. The predicted molar refractivity (Wildman–Crippen MR) is 38.4 cm³/mol. The standard InChI is InChI=1S/C5H11NO3S/c1-5(6,3-7)4-10(2,8)9/h3H,4,6H2,1-2H3/t5-/m0/s1. The molecular weight excluding hydrogens is 154 g/mol. The van der Waals surface area contributed by atoms with Crippen molar-refractivity contribution in [3.63, 3.8) is 0 Å². The first-order valence-corrected chi connectivity index (χ1v) is 4.76. The Morgan fingerprint density at radius 3 is 2.10 bits per heavy atom. The molecule has 0 fully saturated rings. The van der Waals surface area contributed by atoms with Gasteiger partial charge in [0.05, 0.1) is 11.3 Å². The number of aldehydes is 1. The van der Waals surface area contributed by atoms with Crippen LogP contribution in [0.25, 0.3) is 0 Å². The number of carbonyl (C=O) groups is 1. The molecule has 0 unspecified atom stereocenters. The topological polar surface area (TPSA) is 77.2 Å². The van der Waals surface area contributed by atoms with E-state index >= 15 is 0 Å². The highest BCUT2D eigenvalue weighted by Crippen LogP contribution is 1.98. The summed E-state index contributed by atoms with van der Waals surface area (Å²) >= 11 is 0. The first-order chi connectivity index (χ1) is 4.27. The number of nitrogens with two attached hydrogens (primary N) is 1. The van der Waals surface area contributed by atoms with Crippen LogP contribution in [0.15, 0.2) is 0 Å². The molecule has 0 saturated heterocycles. The summed E-state index contributed by atoms with van der Waals surface area (Å²) in [5, 5.41) is 0. The van der Waals surface area contributed by atoms with Gasteiger partial charge < -0.3 is 10.5 Å². The molecule has 0 rings (SSSR count). The average molecular weight is 165 g/mol. The van der Waals surface area contributed by atoms with E-state index in [4.69, 9.17) is 5.73 Å². The maximum atomic E-state index is 10.6. The Labute approximate surface area is 60.3 Å². The molecule has 0 aliphatic rings. The Morgan fingerprint density at radius 1 is 1.60 bits per heavy atom. The van der Waals surface area contributed by atoms with Gasteiger partial charge in [0.25, 0.3) is 0 Å². The van der Waals surface area contributed by atoms with Crippen molar-refractivity contribution < 1.29 is 13.2 Å². The van der Waals surface area contributed by atoms with Crippen molar-refractivity contribution in [1.29, 1.82) is 0 Å². The third-order valence-electron chi connectivity index (χ3n) is 0.842. The molecule has 0 amide bonds. The summed E-state index contributed by atoms with van der Waals surface area (Å²) in [6.07, 6.45) is 1.48. The quantitative estimate of drug-likeness (QED) is 0.541. The molecule has 2 N–H and O–H groups in total. The first kappa shape index (κ1) is 9.58. The summed E-state index contributed by atoms with van der Waals surface area (Å²) in [5.74, 6) is -0.302. The second kappa shape index (κ2) is 2.67. The van der Waals surface area contributed by atoms with Gasteiger partial charge in [0, 0.05) is 6.26 Å². The molecule has 5 heteroatoms. The van der Waals surface area contributed by atoms with Crippen LogP contribution in [0.5, 0.6) is 0 Å². The Kier molecular flexibility index (Phi) is 2.56. The van der Waals surface area contributed by atoms with Crippen molar-refractivity contribution in [1.82, 2.24) is 0 Å². The fourth-order valence-corrected chi connectivity index (χ4v) is 1.80. The van der Waals surface area contributed by atoms with Crippen LogP contribution >= 0.6 is 0 Å². The van der Waals surface area contributed by atoms with Crippen LogP contribution in [-0.4, -0.2) is 32.3 Å². The molecule has 0 aromatic carbocycles. The van der Waals surface area contributed by atoms with Crippen molar-refractivity contribution in [2.75, 3.05) is 12.0 Å². The molecule has 4 nitrogen and oxygen atoms in total. The minimum atomic E-state index is -3.15. The highest BCUT2D eigenvalue weighted by molar-refractivity contribution is 7.90. The minimum Gasteiger partial charge on any atom is -0.319 e. The van der Waals surface area contributed by atoms with Gasteiger partial charge in [-0.2, -0.15) is 0 Å². The van der Waals surface area contributed by atoms with E-state index in [0.717, 1.165) is 6.26 Å². The third-order valence-corrected chi connectivity index (χ3v) is 1.99. The fraction of sp³-hybridized carbons (Fsp3) is 0.800.